The van der Waals surface area contributed by atoms with Crippen LogP contribution in [0.4, 0.5) is 13.2 Å². The molecule has 118 valence electrons. The number of rotatable bonds is 4. The highest BCUT2D eigenvalue weighted by Crippen LogP contribution is 2.35. The lowest BCUT2D eigenvalue weighted by Crippen LogP contribution is -2.28. The Bertz CT molecular complexity index is 743. The van der Waals surface area contributed by atoms with E-state index in [1.165, 1.54) is 19.2 Å². The summed E-state index contributed by atoms with van der Waals surface area (Å²) >= 11 is 0. The van der Waals surface area contributed by atoms with Crippen molar-refractivity contribution in [3.63, 3.8) is 0 Å². The third kappa shape index (κ3) is 3.48. The lowest BCUT2D eigenvalue weighted by atomic mass is 10.2. The first-order valence-electron chi connectivity index (χ1n) is 6.39. The van der Waals surface area contributed by atoms with Gasteiger partial charge in [-0.3, -0.25) is 0 Å². The van der Waals surface area contributed by atoms with Gasteiger partial charge in [0.15, 0.2) is 0 Å². The molecule has 2 rings (SSSR count). The fourth-order valence-corrected chi connectivity index (χ4v) is 3.39. The van der Waals surface area contributed by atoms with Crippen LogP contribution in [0.2, 0.25) is 0 Å². The second-order valence-corrected chi connectivity index (χ2v) is 6.75. The number of halogens is 3. The third-order valence-electron chi connectivity index (χ3n) is 3.13. The van der Waals surface area contributed by atoms with Crippen LogP contribution in [0.1, 0.15) is 11.1 Å². The summed E-state index contributed by atoms with van der Waals surface area (Å²) in [6, 6.07) is 12.8. The number of sulfonamides is 1. The molecule has 0 saturated carbocycles. The van der Waals surface area contributed by atoms with Crippen LogP contribution in [0, 0.1) is 0 Å². The molecular formula is C15H14F3NO2S. The summed E-state index contributed by atoms with van der Waals surface area (Å²) in [5.41, 5.74) is -0.465. The monoisotopic (exact) mass is 329 g/mol. The Balaban J connectivity index is 2.39. The maximum absolute atomic E-state index is 13.0. The molecule has 0 radical (unpaired) electrons. The Kier molecular flexibility index (Phi) is 4.58. The Hall–Kier alpha value is -1.86. The van der Waals surface area contributed by atoms with Crippen LogP contribution in [0.25, 0.3) is 0 Å². The second-order valence-electron chi connectivity index (χ2n) is 4.74. The lowest BCUT2D eigenvalue weighted by molar-refractivity contribution is -0.139. The zero-order valence-corrected chi connectivity index (χ0v) is 12.5. The van der Waals surface area contributed by atoms with E-state index in [1.807, 2.05) is 0 Å². The minimum atomic E-state index is -4.72. The van der Waals surface area contributed by atoms with Crippen molar-refractivity contribution in [1.29, 1.82) is 0 Å². The highest BCUT2D eigenvalue weighted by Gasteiger charge is 2.38. The van der Waals surface area contributed by atoms with Gasteiger partial charge in [-0.25, -0.2) is 8.42 Å². The van der Waals surface area contributed by atoms with E-state index in [-0.39, 0.29) is 6.54 Å². The van der Waals surface area contributed by atoms with Gasteiger partial charge in [-0.05, 0) is 17.7 Å². The van der Waals surface area contributed by atoms with E-state index in [4.69, 9.17) is 0 Å². The topological polar surface area (TPSA) is 37.4 Å². The maximum atomic E-state index is 13.0. The zero-order valence-electron chi connectivity index (χ0n) is 11.7. The molecule has 0 saturated heterocycles. The minimum absolute atomic E-state index is 0.00460. The predicted octanol–water partition coefficient (Wildman–Crippen LogP) is 3.53. The van der Waals surface area contributed by atoms with E-state index in [1.54, 1.807) is 30.3 Å². The van der Waals surface area contributed by atoms with Crippen LogP contribution in [0.15, 0.2) is 59.5 Å². The smallest absolute Gasteiger partial charge is 0.207 e. The molecule has 2 aromatic carbocycles. The number of alkyl halides is 3. The van der Waals surface area contributed by atoms with Crippen molar-refractivity contribution in [3.05, 3.63) is 65.7 Å². The number of hydrogen-bond donors (Lipinski definition) is 0. The number of nitrogens with zero attached hydrogens (tertiary/aromatic N) is 1. The molecule has 7 heteroatoms. The van der Waals surface area contributed by atoms with Crippen LogP contribution in [-0.2, 0) is 22.7 Å². The highest BCUT2D eigenvalue weighted by molar-refractivity contribution is 7.89. The molecule has 0 aliphatic heterocycles. The van der Waals surface area contributed by atoms with Gasteiger partial charge in [0.05, 0.1) is 10.5 Å². The van der Waals surface area contributed by atoms with E-state index >= 15 is 0 Å². The van der Waals surface area contributed by atoms with Gasteiger partial charge in [-0.15, -0.1) is 0 Å². The van der Waals surface area contributed by atoms with E-state index < -0.39 is 26.7 Å². The highest BCUT2D eigenvalue weighted by atomic mass is 32.2. The van der Waals surface area contributed by atoms with Gasteiger partial charge < -0.3 is 0 Å². The Morgan fingerprint density at radius 3 is 2.09 bits per heavy atom. The van der Waals surface area contributed by atoms with Gasteiger partial charge in [0.1, 0.15) is 0 Å². The summed E-state index contributed by atoms with van der Waals surface area (Å²) in [4.78, 5) is -0.735. The molecule has 0 atom stereocenters. The molecule has 3 nitrogen and oxygen atoms in total. The van der Waals surface area contributed by atoms with Gasteiger partial charge in [0, 0.05) is 13.6 Å². The first-order chi connectivity index (χ1) is 10.2. The van der Waals surface area contributed by atoms with Crippen molar-refractivity contribution < 1.29 is 21.6 Å². The van der Waals surface area contributed by atoms with Crippen LogP contribution >= 0.6 is 0 Å². The number of hydrogen-bond acceptors (Lipinski definition) is 2. The van der Waals surface area contributed by atoms with Crippen LogP contribution in [0.3, 0.4) is 0 Å². The Morgan fingerprint density at radius 1 is 0.955 bits per heavy atom. The fraction of sp³-hybridized carbons (Fsp3) is 0.200. The largest absolute Gasteiger partial charge is 0.417 e. The Labute approximate surface area is 127 Å². The van der Waals surface area contributed by atoms with Gasteiger partial charge in [-0.1, -0.05) is 42.5 Å². The first-order valence-corrected chi connectivity index (χ1v) is 7.83. The fourth-order valence-electron chi connectivity index (χ4n) is 2.02. The van der Waals surface area contributed by atoms with Crippen molar-refractivity contribution in [2.24, 2.45) is 0 Å². The third-order valence-corrected chi connectivity index (χ3v) is 4.99. The normalized spacial score (nSPS) is 12.6. The van der Waals surface area contributed by atoms with Crippen molar-refractivity contribution in [2.45, 2.75) is 17.6 Å². The molecule has 0 bridgehead atoms. The van der Waals surface area contributed by atoms with Gasteiger partial charge >= 0.3 is 6.18 Å². The minimum Gasteiger partial charge on any atom is -0.207 e. The van der Waals surface area contributed by atoms with Crippen molar-refractivity contribution in [3.8, 4) is 0 Å². The molecule has 0 fully saturated rings. The van der Waals surface area contributed by atoms with E-state index in [2.05, 4.69) is 0 Å². The van der Waals surface area contributed by atoms with Crippen LogP contribution < -0.4 is 0 Å². The van der Waals surface area contributed by atoms with Crippen molar-refractivity contribution in [1.82, 2.24) is 4.31 Å². The maximum Gasteiger partial charge on any atom is 0.417 e. The zero-order chi connectivity index (χ0) is 16.4. The summed E-state index contributed by atoms with van der Waals surface area (Å²) in [5.74, 6) is 0. The molecule has 2 aromatic rings. The molecule has 0 unspecified atom stereocenters. The number of benzene rings is 2. The summed E-state index contributed by atoms with van der Waals surface area (Å²) in [6.07, 6.45) is -4.72. The molecule has 0 aliphatic carbocycles. The van der Waals surface area contributed by atoms with Gasteiger partial charge in [-0.2, -0.15) is 17.5 Å². The van der Waals surface area contributed by atoms with Crippen molar-refractivity contribution >= 4 is 10.0 Å². The summed E-state index contributed by atoms with van der Waals surface area (Å²) < 4.78 is 64.7. The summed E-state index contributed by atoms with van der Waals surface area (Å²) in [5, 5.41) is 0. The lowest BCUT2D eigenvalue weighted by Gasteiger charge is -2.20. The second kappa shape index (κ2) is 6.10. The molecule has 0 heterocycles. The standard InChI is InChI=1S/C15H14F3NO2S/c1-19(11-12-7-3-2-4-8-12)22(20,21)14-10-6-5-9-13(14)15(16,17)18/h2-10H,11H2,1H3. The quantitative estimate of drug-likeness (QED) is 0.860. The average Bonchev–Trinajstić information content (AvgIpc) is 2.47. The molecule has 0 amide bonds. The average molecular weight is 329 g/mol. The SMILES string of the molecule is CN(Cc1ccccc1)S(=O)(=O)c1ccccc1C(F)(F)F. The van der Waals surface area contributed by atoms with Crippen molar-refractivity contribution in [2.75, 3.05) is 7.05 Å². The summed E-state index contributed by atoms with van der Waals surface area (Å²) in [6.45, 7) is -0.00460. The van der Waals surface area contributed by atoms with Crippen LogP contribution in [0.5, 0.6) is 0 Å². The molecule has 0 N–H and O–H groups in total. The molecule has 0 spiro atoms. The van der Waals surface area contributed by atoms with Gasteiger partial charge in [0.25, 0.3) is 0 Å². The summed E-state index contributed by atoms with van der Waals surface area (Å²) in [7, 11) is -2.98. The van der Waals surface area contributed by atoms with E-state index in [9.17, 15) is 21.6 Å². The molecular weight excluding hydrogens is 315 g/mol. The molecule has 0 aromatic heterocycles. The Morgan fingerprint density at radius 2 is 1.50 bits per heavy atom. The van der Waals surface area contributed by atoms with E-state index in [0.29, 0.717) is 5.56 Å². The van der Waals surface area contributed by atoms with Gasteiger partial charge in [0.2, 0.25) is 10.0 Å². The van der Waals surface area contributed by atoms with Crippen LogP contribution in [-0.4, -0.2) is 19.8 Å². The molecule has 22 heavy (non-hydrogen) atoms. The first kappa shape index (κ1) is 16.5. The molecule has 0 aliphatic rings. The predicted molar refractivity (Wildman–Crippen MR) is 76.5 cm³/mol. The van der Waals surface area contributed by atoms with E-state index in [0.717, 1.165) is 16.4 Å².